The van der Waals surface area contributed by atoms with Gasteiger partial charge in [0.2, 0.25) is 0 Å². The van der Waals surface area contributed by atoms with Crippen LogP contribution in [-0.4, -0.2) is 35.2 Å². The molecule has 0 aromatic heterocycles. The monoisotopic (exact) mass is 279 g/mol. The van der Waals surface area contributed by atoms with Crippen molar-refractivity contribution in [3.05, 3.63) is 35.9 Å². The van der Waals surface area contributed by atoms with Gasteiger partial charge < -0.3 is 14.8 Å². The third-order valence-electron chi connectivity index (χ3n) is 3.16. The van der Waals surface area contributed by atoms with Gasteiger partial charge in [-0.1, -0.05) is 30.3 Å². The average molecular weight is 279 g/mol. The lowest BCUT2D eigenvalue weighted by atomic mass is 10.1. The summed E-state index contributed by atoms with van der Waals surface area (Å²) in [6, 6.07) is 9.18. The molecule has 2 aliphatic rings. The van der Waals surface area contributed by atoms with E-state index in [0.29, 0.717) is 0 Å². The molecule has 3 rings (SSSR count). The zero-order chi connectivity index (χ0) is 13.2. The summed E-state index contributed by atoms with van der Waals surface area (Å²) in [4.78, 5) is 23.1. The number of fused-ring (bicyclic) bond motifs is 2. The summed E-state index contributed by atoms with van der Waals surface area (Å²) in [7, 11) is 0. The fourth-order valence-corrected chi connectivity index (χ4v) is 3.52. The molecule has 5 nitrogen and oxygen atoms in total. The number of ether oxygens (including phenoxy) is 2. The molecule has 0 saturated carbocycles. The van der Waals surface area contributed by atoms with E-state index in [9.17, 15) is 9.59 Å². The Balaban J connectivity index is 1.51. The molecule has 1 amide bonds. The number of amides is 1. The number of esters is 1. The van der Waals surface area contributed by atoms with Crippen LogP contribution >= 0.6 is 11.8 Å². The summed E-state index contributed by atoms with van der Waals surface area (Å²) < 4.78 is 10.2. The number of hydrogen-bond acceptors (Lipinski definition) is 5. The molecule has 2 saturated heterocycles. The third kappa shape index (κ3) is 2.53. The molecule has 100 valence electrons. The fraction of sp³-hybridized carbons (Fsp3) is 0.385. The molecule has 3 atom stereocenters. The second kappa shape index (κ2) is 5.13. The molecule has 2 heterocycles. The van der Waals surface area contributed by atoms with Gasteiger partial charge in [-0.15, -0.1) is 11.8 Å². The Bertz CT molecular complexity index is 493. The van der Waals surface area contributed by atoms with Crippen molar-refractivity contribution in [3.8, 4) is 0 Å². The van der Waals surface area contributed by atoms with E-state index in [1.165, 1.54) is 11.8 Å². The highest BCUT2D eigenvalue weighted by atomic mass is 32.2. The van der Waals surface area contributed by atoms with Crippen molar-refractivity contribution < 1.29 is 19.1 Å². The molecule has 0 spiro atoms. The Kier molecular flexibility index (Phi) is 3.33. The summed E-state index contributed by atoms with van der Waals surface area (Å²) in [5.74, 6) is 0.495. The second-order valence-corrected chi connectivity index (χ2v) is 5.64. The molecule has 2 fully saturated rings. The first-order valence-corrected chi connectivity index (χ1v) is 7.08. The van der Waals surface area contributed by atoms with Gasteiger partial charge in [-0.05, 0) is 5.56 Å². The molecule has 19 heavy (non-hydrogen) atoms. The molecule has 0 radical (unpaired) electrons. The summed E-state index contributed by atoms with van der Waals surface area (Å²) in [6.45, 7) is 0.219. The number of alkyl carbamates (subject to hydrolysis) is 1. The highest BCUT2D eigenvalue weighted by Gasteiger charge is 2.51. The van der Waals surface area contributed by atoms with Gasteiger partial charge in [-0.25, -0.2) is 4.79 Å². The number of carbonyl (C=O) groups excluding carboxylic acids is 2. The van der Waals surface area contributed by atoms with E-state index >= 15 is 0 Å². The molecule has 1 aromatic carbocycles. The van der Waals surface area contributed by atoms with Gasteiger partial charge in [0.15, 0.2) is 0 Å². The topological polar surface area (TPSA) is 64.6 Å². The molecule has 1 aromatic rings. The molecule has 0 aliphatic carbocycles. The van der Waals surface area contributed by atoms with E-state index in [2.05, 4.69) is 5.32 Å². The summed E-state index contributed by atoms with van der Waals surface area (Å²) >= 11 is 1.52. The Hall–Kier alpha value is -1.69. The quantitative estimate of drug-likeness (QED) is 0.845. The third-order valence-corrected chi connectivity index (χ3v) is 4.53. The molecule has 2 bridgehead atoms. The van der Waals surface area contributed by atoms with Crippen LogP contribution in [0.5, 0.6) is 0 Å². The Morgan fingerprint density at radius 2 is 2.21 bits per heavy atom. The number of nitrogens with one attached hydrogen (secondary N) is 1. The van der Waals surface area contributed by atoms with Crippen molar-refractivity contribution in [1.82, 2.24) is 5.32 Å². The Labute approximate surface area is 114 Å². The number of thioether (sulfide) groups is 1. The van der Waals surface area contributed by atoms with E-state index in [1.807, 2.05) is 30.3 Å². The standard InChI is InChI=1S/C13H13NO4S/c15-12-11-10(9(18-12)7-19-11)14-13(16)17-6-8-4-2-1-3-5-8/h1-5,9-11H,6-7H2,(H,14,16)/t9?,10-,11?/m0/s1. The van der Waals surface area contributed by atoms with Crippen LogP contribution in [0.25, 0.3) is 0 Å². The SMILES string of the molecule is O=C(N[C@H]1C2CSC1C(=O)O2)OCc1ccccc1. The molecule has 1 N–H and O–H groups in total. The first kappa shape index (κ1) is 12.3. The first-order valence-electron chi connectivity index (χ1n) is 6.03. The minimum Gasteiger partial charge on any atom is -0.458 e. The number of rotatable bonds is 3. The van der Waals surface area contributed by atoms with Crippen molar-refractivity contribution in [3.63, 3.8) is 0 Å². The van der Waals surface area contributed by atoms with E-state index in [1.54, 1.807) is 0 Å². The van der Waals surface area contributed by atoms with E-state index < -0.39 is 6.09 Å². The van der Waals surface area contributed by atoms with Crippen molar-refractivity contribution in [2.75, 3.05) is 5.75 Å². The van der Waals surface area contributed by atoms with Gasteiger partial charge in [-0.3, -0.25) is 4.79 Å². The predicted molar refractivity (Wildman–Crippen MR) is 69.7 cm³/mol. The van der Waals surface area contributed by atoms with Crippen LogP contribution in [0, 0.1) is 0 Å². The average Bonchev–Trinajstić information content (AvgIpc) is 2.93. The van der Waals surface area contributed by atoms with E-state index in [-0.39, 0.29) is 30.0 Å². The number of hydrogen-bond donors (Lipinski definition) is 1. The normalized spacial score (nSPS) is 28.0. The number of carbonyl (C=O) groups is 2. The Morgan fingerprint density at radius 1 is 1.42 bits per heavy atom. The van der Waals surface area contributed by atoms with Crippen molar-refractivity contribution >= 4 is 23.8 Å². The molecule has 2 unspecified atom stereocenters. The highest BCUT2D eigenvalue weighted by Crippen LogP contribution is 2.36. The predicted octanol–water partition coefficient (Wildman–Crippen LogP) is 1.32. The van der Waals surface area contributed by atoms with Gasteiger partial charge in [0, 0.05) is 5.75 Å². The zero-order valence-corrected chi connectivity index (χ0v) is 10.9. The number of benzene rings is 1. The van der Waals surface area contributed by atoms with Gasteiger partial charge in [0.05, 0.1) is 6.04 Å². The van der Waals surface area contributed by atoms with E-state index in [0.717, 1.165) is 11.3 Å². The van der Waals surface area contributed by atoms with Gasteiger partial charge in [0.25, 0.3) is 0 Å². The van der Waals surface area contributed by atoms with Gasteiger partial charge >= 0.3 is 12.1 Å². The van der Waals surface area contributed by atoms with Gasteiger partial charge in [0.1, 0.15) is 18.0 Å². The second-order valence-electron chi connectivity index (χ2n) is 4.46. The lowest BCUT2D eigenvalue weighted by Gasteiger charge is -2.13. The summed E-state index contributed by atoms with van der Waals surface area (Å²) in [6.07, 6.45) is -0.726. The molecule has 6 heteroatoms. The highest BCUT2D eigenvalue weighted by molar-refractivity contribution is 8.01. The van der Waals surface area contributed by atoms with Crippen molar-refractivity contribution in [1.29, 1.82) is 0 Å². The molecule has 2 aliphatic heterocycles. The minimum atomic E-state index is -0.510. The van der Waals surface area contributed by atoms with Crippen LogP contribution < -0.4 is 5.32 Å². The van der Waals surface area contributed by atoms with Crippen LogP contribution in [0.15, 0.2) is 30.3 Å². The van der Waals surface area contributed by atoms with E-state index in [4.69, 9.17) is 9.47 Å². The summed E-state index contributed by atoms with van der Waals surface area (Å²) in [5.41, 5.74) is 0.925. The van der Waals surface area contributed by atoms with Crippen LogP contribution in [-0.2, 0) is 20.9 Å². The van der Waals surface area contributed by atoms with Crippen LogP contribution in [0.1, 0.15) is 5.56 Å². The lowest BCUT2D eigenvalue weighted by molar-refractivity contribution is -0.140. The zero-order valence-electron chi connectivity index (χ0n) is 10.1. The maximum absolute atomic E-state index is 11.7. The Morgan fingerprint density at radius 3 is 2.84 bits per heavy atom. The van der Waals surface area contributed by atoms with Crippen LogP contribution in [0.3, 0.4) is 0 Å². The van der Waals surface area contributed by atoms with Crippen molar-refractivity contribution in [2.24, 2.45) is 0 Å². The fourth-order valence-electron chi connectivity index (χ4n) is 2.21. The smallest absolute Gasteiger partial charge is 0.407 e. The summed E-state index contributed by atoms with van der Waals surface area (Å²) in [5, 5.41) is 2.43. The van der Waals surface area contributed by atoms with Crippen LogP contribution in [0.2, 0.25) is 0 Å². The van der Waals surface area contributed by atoms with Crippen molar-refractivity contribution in [2.45, 2.75) is 24.0 Å². The molecular formula is C13H13NO4S. The lowest BCUT2D eigenvalue weighted by Crippen LogP contribution is -2.43. The maximum Gasteiger partial charge on any atom is 0.407 e. The minimum absolute atomic E-state index is 0.216. The molecular weight excluding hydrogens is 266 g/mol. The largest absolute Gasteiger partial charge is 0.458 e. The van der Waals surface area contributed by atoms with Crippen LogP contribution in [0.4, 0.5) is 4.79 Å². The first-order chi connectivity index (χ1) is 9.24. The van der Waals surface area contributed by atoms with Gasteiger partial charge in [-0.2, -0.15) is 0 Å². The maximum atomic E-state index is 11.7.